The van der Waals surface area contributed by atoms with E-state index in [1.54, 1.807) is 0 Å². The van der Waals surface area contributed by atoms with Crippen LogP contribution in [-0.4, -0.2) is 16.2 Å². The molecular weight excluding hydrogens is 717 g/mol. The van der Waals surface area contributed by atoms with E-state index in [1.165, 1.54) is 53.2 Å². The Morgan fingerprint density at radius 2 is 1.33 bits per heavy atom. The van der Waals surface area contributed by atoms with Crippen molar-refractivity contribution in [2.75, 3.05) is 0 Å². The molecule has 1 aliphatic heterocycles. The SMILES string of the molecule is C1=c2c(oc3c(-c4cccc5sc6cc(-n7c8ccccc8c8ccccc87)ccc6c45)cccc23)=C(C2=NC(c3ccccc3)NC(c3ccccc3)=N2)CC1. The topological polar surface area (TPSA) is 54.8 Å². The van der Waals surface area contributed by atoms with Gasteiger partial charge in [0.1, 0.15) is 23.0 Å². The van der Waals surface area contributed by atoms with Crippen molar-refractivity contribution < 1.29 is 4.42 Å². The van der Waals surface area contributed by atoms with Gasteiger partial charge in [0.05, 0.1) is 11.0 Å². The molecule has 0 saturated heterocycles. The molecule has 7 aromatic carbocycles. The number of amidine groups is 2. The van der Waals surface area contributed by atoms with Gasteiger partial charge < -0.3 is 14.3 Å². The standard InChI is InChI=1S/C51H34N4OS/c1-3-14-31(15-4-1)49-52-50(32-16-5-2-6-17-32)54-51(53-49)41-24-12-23-39-38-22-11-21-37(47(38)56-48(39)41)36-20-13-27-44-46(36)40-29-28-33(30-45(40)57-44)55-42-25-9-7-18-34(42)35-19-8-10-26-43(35)55/h1-11,13-23,25-30,49H,12,24H2,(H,52,53,54). The highest BCUT2D eigenvalue weighted by Crippen LogP contribution is 2.43. The van der Waals surface area contributed by atoms with Crippen molar-refractivity contribution in [2.45, 2.75) is 19.0 Å². The Hall–Kier alpha value is -7.02. The molecular formula is C51H34N4OS. The third-order valence-corrected chi connectivity index (χ3v) is 12.7. The fourth-order valence-electron chi connectivity index (χ4n) is 8.98. The van der Waals surface area contributed by atoms with E-state index in [0.29, 0.717) is 0 Å². The first-order valence-electron chi connectivity index (χ1n) is 19.5. The van der Waals surface area contributed by atoms with Gasteiger partial charge in [-0.25, -0.2) is 9.98 Å². The first-order chi connectivity index (χ1) is 28.3. The Morgan fingerprint density at radius 1 is 0.632 bits per heavy atom. The van der Waals surface area contributed by atoms with Crippen LogP contribution in [0.4, 0.5) is 0 Å². The van der Waals surface area contributed by atoms with Crippen LogP contribution in [0.5, 0.6) is 0 Å². The Kier molecular flexibility index (Phi) is 7.22. The van der Waals surface area contributed by atoms with E-state index >= 15 is 0 Å². The van der Waals surface area contributed by atoms with E-state index < -0.39 is 0 Å². The number of rotatable bonds is 5. The van der Waals surface area contributed by atoms with E-state index in [4.69, 9.17) is 14.4 Å². The van der Waals surface area contributed by atoms with Crippen molar-refractivity contribution >= 4 is 87.6 Å². The number of hydrogen-bond acceptors (Lipinski definition) is 5. The van der Waals surface area contributed by atoms with Crippen molar-refractivity contribution in [2.24, 2.45) is 9.98 Å². The van der Waals surface area contributed by atoms with Gasteiger partial charge in [-0.2, -0.15) is 0 Å². The Morgan fingerprint density at radius 3 is 2.14 bits per heavy atom. The molecule has 270 valence electrons. The number of nitrogens with zero attached hydrogens (tertiary/aromatic N) is 3. The minimum atomic E-state index is -0.268. The maximum absolute atomic E-state index is 7.07. The number of para-hydroxylation sites is 3. The van der Waals surface area contributed by atoms with Crippen molar-refractivity contribution in [3.05, 3.63) is 186 Å². The van der Waals surface area contributed by atoms with E-state index in [2.05, 4.69) is 155 Å². The number of benzene rings is 7. The average molecular weight is 751 g/mol. The van der Waals surface area contributed by atoms with Crippen LogP contribution in [0.1, 0.15) is 30.1 Å². The summed E-state index contributed by atoms with van der Waals surface area (Å²) < 4.78 is 12.0. The van der Waals surface area contributed by atoms with Gasteiger partial charge >= 0.3 is 0 Å². The summed E-state index contributed by atoms with van der Waals surface area (Å²) >= 11 is 1.85. The van der Waals surface area contributed by atoms with Crippen LogP contribution >= 0.6 is 11.3 Å². The summed E-state index contributed by atoms with van der Waals surface area (Å²) in [6, 6.07) is 58.3. The van der Waals surface area contributed by atoms with E-state index in [1.807, 2.05) is 35.6 Å². The van der Waals surface area contributed by atoms with Gasteiger partial charge in [-0.1, -0.05) is 140 Å². The molecule has 3 aromatic heterocycles. The van der Waals surface area contributed by atoms with Gasteiger partial charge in [-0.3, -0.25) is 0 Å². The van der Waals surface area contributed by atoms with Crippen LogP contribution < -0.4 is 16.0 Å². The number of aromatic nitrogens is 1. The Labute approximate surface area is 331 Å². The number of nitrogens with one attached hydrogen (secondary N) is 1. The van der Waals surface area contributed by atoms with Crippen LogP contribution in [0.15, 0.2) is 178 Å². The third-order valence-electron chi connectivity index (χ3n) is 11.6. The molecule has 0 spiro atoms. The van der Waals surface area contributed by atoms with Gasteiger partial charge in [0.25, 0.3) is 0 Å². The first kappa shape index (κ1) is 32.2. The molecule has 1 aliphatic carbocycles. The highest BCUT2D eigenvalue weighted by molar-refractivity contribution is 7.26. The molecule has 1 atom stereocenters. The zero-order valence-electron chi connectivity index (χ0n) is 30.8. The van der Waals surface area contributed by atoms with Gasteiger partial charge in [0, 0.05) is 63.9 Å². The van der Waals surface area contributed by atoms with Crippen molar-refractivity contribution in [1.29, 1.82) is 0 Å². The fourth-order valence-corrected chi connectivity index (χ4v) is 10.1. The summed E-state index contributed by atoms with van der Waals surface area (Å²) in [5.41, 5.74) is 10.8. The smallest absolute Gasteiger partial charge is 0.159 e. The molecule has 0 saturated carbocycles. The van der Waals surface area contributed by atoms with Gasteiger partial charge in [0.15, 0.2) is 5.84 Å². The summed E-state index contributed by atoms with van der Waals surface area (Å²) in [5, 5.41) is 10.9. The molecule has 6 heteroatoms. The summed E-state index contributed by atoms with van der Waals surface area (Å²) in [6.07, 6.45) is 3.74. The quantitative estimate of drug-likeness (QED) is 0.190. The molecule has 2 aliphatic rings. The van der Waals surface area contributed by atoms with Crippen molar-refractivity contribution in [1.82, 2.24) is 9.88 Å². The highest BCUT2D eigenvalue weighted by atomic mass is 32.1. The molecule has 4 heterocycles. The molecule has 0 amide bonds. The predicted molar refractivity (Wildman–Crippen MR) is 238 cm³/mol. The summed E-state index contributed by atoms with van der Waals surface area (Å²) in [7, 11) is 0. The van der Waals surface area contributed by atoms with Crippen LogP contribution in [0.25, 0.3) is 81.4 Å². The number of thiophene rings is 1. The second kappa shape index (κ2) is 12.8. The average Bonchev–Trinajstić information content (AvgIpc) is 3.96. The second-order valence-corrected chi connectivity index (χ2v) is 15.9. The lowest BCUT2D eigenvalue weighted by molar-refractivity contribution is 0.570. The van der Waals surface area contributed by atoms with Crippen molar-refractivity contribution in [3.63, 3.8) is 0 Å². The summed E-state index contributed by atoms with van der Waals surface area (Å²) in [4.78, 5) is 10.4. The van der Waals surface area contributed by atoms with Crippen molar-refractivity contribution in [3.8, 4) is 16.8 Å². The lowest BCUT2D eigenvalue weighted by Gasteiger charge is -2.24. The monoisotopic (exact) mass is 750 g/mol. The molecule has 0 bridgehead atoms. The lowest BCUT2D eigenvalue weighted by Crippen LogP contribution is -2.36. The minimum absolute atomic E-state index is 0.268. The molecule has 12 rings (SSSR count). The molecule has 1 N–H and O–H groups in total. The molecule has 5 nitrogen and oxygen atoms in total. The fraction of sp³-hybridized carbons (Fsp3) is 0.0588. The van der Waals surface area contributed by atoms with Gasteiger partial charge in [-0.15, -0.1) is 11.3 Å². The van der Waals surface area contributed by atoms with E-state index in [0.717, 1.165) is 68.4 Å². The first-order valence-corrected chi connectivity index (χ1v) is 20.3. The molecule has 0 radical (unpaired) electrons. The van der Waals surface area contributed by atoms with Crippen LogP contribution in [0, 0.1) is 0 Å². The molecule has 1 unspecified atom stereocenters. The van der Waals surface area contributed by atoms with Gasteiger partial charge in [0.2, 0.25) is 0 Å². The largest absolute Gasteiger partial charge is 0.455 e. The molecule has 0 fully saturated rings. The third kappa shape index (κ3) is 5.07. The lowest BCUT2D eigenvalue weighted by atomic mass is 9.97. The van der Waals surface area contributed by atoms with Crippen LogP contribution in [-0.2, 0) is 0 Å². The number of furan rings is 1. The maximum atomic E-state index is 7.07. The molecule has 10 aromatic rings. The number of hydrogen-bond donors (Lipinski definition) is 1. The Balaban J connectivity index is 1.03. The maximum Gasteiger partial charge on any atom is 0.159 e. The number of aliphatic imine (C=N–C) groups is 2. The minimum Gasteiger partial charge on any atom is -0.455 e. The van der Waals surface area contributed by atoms with Gasteiger partial charge in [-0.05, 0) is 54.3 Å². The summed E-state index contributed by atoms with van der Waals surface area (Å²) in [5.74, 6) is 1.54. The zero-order chi connectivity index (χ0) is 37.5. The van der Waals surface area contributed by atoms with Crippen LogP contribution in [0.3, 0.4) is 0 Å². The predicted octanol–water partition coefficient (Wildman–Crippen LogP) is 11.4. The highest BCUT2D eigenvalue weighted by Gasteiger charge is 2.25. The van der Waals surface area contributed by atoms with Crippen LogP contribution in [0.2, 0.25) is 0 Å². The number of fused-ring (bicyclic) bond motifs is 9. The normalized spacial score (nSPS) is 15.5. The Bertz CT molecular complexity index is 3390. The zero-order valence-corrected chi connectivity index (χ0v) is 31.6. The summed E-state index contributed by atoms with van der Waals surface area (Å²) in [6.45, 7) is 0. The second-order valence-electron chi connectivity index (χ2n) is 14.8. The van der Waals surface area contributed by atoms with E-state index in [-0.39, 0.29) is 6.17 Å². The molecule has 57 heavy (non-hydrogen) atoms. The van der Waals surface area contributed by atoms with E-state index in [9.17, 15) is 0 Å².